The number of pyridine rings is 1. The van der Waals surface area contributed by atoms with Gasteiger partial charge in [-0.2, -0.15) is 0 Å². The maximum Gasteiger partial charge on any atom is 0.324 e. The number of likely N-dealkylation sites (tertiary alicyclic amines) is 1. The smallest absolute Gasteiger partial charge is 0.324 e. The Balaban J connectivity index is 1.17. The molecule has 15 nitrogen and oxygen atoms in total. The molecule has 4 aromatic rings. The van der Waals surface area contributed by atoms with Crippen molar-refractivity contribution in [2.75, 3.05) is 47.1 Å². The Morgan fingerprint density at radius 3 is 2.59 bits per heavy atom. The highest BCUT2D eigenvalue weighted by atomic mass is 16.5. The Bertz CT molecular complexity index is 2590. The molecular weight excluding hydrogens is 863 g/mol. The minimum Gasteiger partial charge on any atom is -0.464 e. The number of ether oxygens (including phenoxy) is 3. The van der Waals surface area contributed by atoms with Crippen LogP contribution in [-0.4, -0.2) is 125 Å². The summed E-state index contributed by atoms with van der Waals surface area (Å²) in [4.78, 5) is 78.6. The number of fused-ring (bicyclic) bond motifs is 7. The lowest BCUT2D eigenvalue weighted by molar-refractivity contribution is -0.155. The Kier molecular flexibility index (Phi) is 14.3. The number of hydrogen-bond acceptors (Lipinski definition) is 10. The molecule has 3 fully saturated rings. The minimum absolute atomic E-state index is 0.131. The van der Waals surface area contributed by atoms with E-state index in [9.17, 15) is 24.0 Å². The summed E-state index contributed by atoms with van der Waals surface area (Å²) in [6, 6.07) is 15.5. The van der Waals surface area contributed by atoms with Crippen LogP contribution in [0, 0.1) is 23.2 Å². The molecule has 68 heavy (non-hydrogen) atoms. The van der Waals surface area contributed by atoms with Gasteiger partial charge >= 0.3 is 5.97 Å². The van der Waals surface area contributed by atoms with Gasteiger partial charge in [0.05, 0.1) is 49.3 Å². The summed E-state index contributed by atoms with van der Waals surface area (Å²) in [5.41, 5.74) is 10.4. The number of carbonyl (C=O) groups is 5. The van der Waals surface area contributed by atoms with Crippen molar-refractivity contribution >= 4 is 40.5 Å². The number of methoxy groups -OCH3 is 1. The Morgan fingerprint density at radius 2 is 1.85 bits per heavy atom. The van der Waals surface area contributed by atoms with Gasteiger partial charge in [-0.25, -0.2) is 5.43 Å². The lowest BCUT2D eigenvalue weighted by Crippen LogP contribution is -2.62. The summed E-state index contributed by atoms with van der Waals surface area (Å²) >= 11 is 0. The normalized spacial score (nSPS) is 23.7. The van der Waals surface area contributed by atoms with Gasteiger partial charge in [-0.3, -0.25) is 34.0 Å². The molecule has 15 heteroatoms. The number of esters is 1. The first-order chi connectivity index (χ1) is 32.5. The number of aromatic nitrogens is 2. The summed E-state index contributed by atoms with van der Waals surface area (Å²) in [6.07, 6.45) is 4.51. The van der Waals surface area contributed by atoms with E-state index >= 15 is 0 Å². The van der Waals surface area contributed by atoms with Gasteiger partial charge < -0.3 is 33.9 Å². The van der Waals surface area contributed by atoms with Gasteiger partial charge in [0.2, 0.25) is 17.7 Å². The van der Waals surface area contributed by atoms with E-state index in [0.717, 1.165) is 50.1 Å². The van der Waals surface area contributed by atoms with Crippen LogP contribution in [0.3, 0.4) is 0 Å². The van der Waals surface area contributed by atoms with Crippen LogP contribution in [-0.2, 0) is 57.6 Å². The first-order valence-corrected chi connectivity index (χ1v) is 24.1. The van der Waals surface area contributed by atoms with Gasteiger partial charge in [0.25, 0.3) is 5.91 Å². The number of hydrogen-bond donors (Lipinski definition) is 2. The highest BCUT2D eigenvalue weighted by Gasteiger charge is 2.51. The third-order valence-electron chi connectivity index (χ3n) is 14.5. The molecule has 4 aliphatic rings. The zero-order chi connectivity index (χ0) is 48.6. The second kappa shape index (κ2) is 20.0. The van der Waals surface area contributed by atoms with E-state index < -0.39 is 47.2 Å². The number of aryl methyl sites for hydroxylation is 1. The highest BCUT2D eigenvalue weighted by Crippen LogP contribution is 2.42. The number of hydrazine groups is 1. The lowest BCUT2D eigenvalue weighted by atomic mass is 9.84. The van der Waals surface area contributed by atoms with Crippen molar-refractivity contribution in [1.82, 2.24) is 35.1 Å². The van der Waals surface area contributed by atoms with Crippen LogP contribution in [0.4, 0.5) is 0 Å². The van der Waals surface area contributed by atoms with Crippen LogP contribution in [0.5, 0.6) is 0 Å². The molecule has 0 saturated carbocycles. The molecule has 3 saturated heterocycles. The van der Waals surface area contributed by atoms with E-state index in [1.807, 2.05) is 39.0 Å². The average Bonchev–Trinajstić information content (AvgIpc) is 4.04. The molecule has 4 amide bonds. The molecule has 2 N–H and O–H groups in total. The third kappa shape index (κ3) is 9.44. The molecule has 2 aromatic carbocycles. The monoisotopic (exact) mass is 930 g/mol. The molecule has 2 aromatic heterocycles. The molecule has 0 radical (unpaired) electrons. The van der Waals surface area contributed by atoms with Crippen molar-refractivity contribution in [3.8, 4) is 22.4 Å². The molecule has 362 valence electrons. The number of likely N-dealkylation sites (N-methyl/N-ethyl adjacent to an activating group) is 1. The van der Waals surface area contributed by atoms with Crippen LogP contribution in [0.1, 0.15) is 77.3 Å². The van der Waals surface area contributed by atoms with Crippen molar-refractivity contribution in [2.45, 2.75) is 104 Å². The standard InChI is InChI=1S/C53H67N7O8/c1-10-45(61)59-27-39(40-28-67-29-44(40)59)50(63)57(8)47(31(3)4)49(62)55-42-24-33-15-12-16-34(23-33)35-19-20-43-37(25-35)38(48(58(43)11-2)36-17-13-21-54-46(36)32(5)66-9)26-53(6,7)30-68-52(65)41-18-14-22-60(56-41)51(42)64/h10,12-13,15-17,19-21,23,25,31-32,39-42,44,47,56H,1,11,14,18,22,24,26-30H2,2-9H3,(H,55,62)/t32-,39+,40+,41-,42-,44+,47-/m0/s1. The molecule has 0 spiro atoms. The van der Waals surface area contributed by atoms with Crippen LogP contribution in [0.2, 0.25) is 0 Å². The van der Waals surface area contributed by atoms with Gasteiger partial charge in [-0.05, 0) is 91.6 Å². The van der Waals surface area contributed by atoms with E-state index in [1.165, 1.54) is 16.0 Å². The van der Waals surface area contributed by atoms with Crippen LogP contribution in [0.15, 0.2) is 73.4 Å². The molecule has 0 unspecified atom stereocenters. The predicted octanol–water partition coefficient (Wildman–Crippen LogP) is 5.89. The zero-order valence-corrected chi connectivity index (χ0v) is 40.7. The van der Waals surface area contributed by atoms with Gasteiger partial charge in [0.15, 0.2) is 0 Å². The van der Waals surface area contributed by atoms with Gasteiger partial charge in [-0.1, -0.05) is 64.6 Å². The van der Waals surface area contributed by atoms with Crippen LogP contribution in [0.25, 0.3) is 33.3 Å². The van der Waals surface area contributed by atoms with Crippen LogP contribution < -0.4 is 10.7 Å². The van der Waals surface area contributed by atoms with E-state index in [-0.39, 0.29) is 55.4 Å². The van der Waals surface area contributed by atoms with E-state index in [1.54, 1.807) is 25.3 Å². The number of carbonyl (C=O) groups excluding carboxylic acids is 5. The fourth-order valence-corrected chi connectivity index (χ4v) is 10.9. The van der Waals surface area contributed by atoms with Gasteiger partial charge in [0, 0.05) is 74.2 Å². The van der Waals surface area contributed by atoms with Crippen LogP contribution >= 0.6 is 0 Å². The maximum absolute atomic E-state index is 14.8. The third-order valence-corrected chi connectivity index (χ3v) is 14.5. The molecule has 8 rings (SSSR count). The van der Waals surface area contributed by atoms with E-state index in [0.29, 0.717) is 45.6 Å². The van der Waals surface area contributed by atoms with Gasteiger partial charge in [0.1, 0.15) is 18.1 Å². The van der Waals surface area contributed by atoms with Crippen molar-refractivity contribution in [3.05, 3.63) is 90.3 Å². The lowest BCUT2D eigenvalue weighted by Gasteiger charge is -2.37. The minimum atomic E-state index is -1.07. The molecule has 7 atom stereocenters. The summed E-state index contributed by atoms with van der Waals surface area (Å²) in [6.45, 7) is 17.7. The van der Waals surface area contributed by atoms with E-state index in [4.69, 9.17) is 19.2 Å². The Morgan fingerprint density at radius 1 is 1.07 bits per heavy atom. The van der Waals surface area contributed by atoms with Crippen molar-refractivity contribution < 1.29 is 38.2 Å². The number of nitrogens with zero attached hydrogens (tertiary/aromatic N) is 5. The largest absolute Gasteiger partial charge is 0.464 e. The quantitative estimate of drug-likeness (QED) is 0.145. The SMILES string of the molecule is C=CC(=O)N1C[C@@H](C(=O)N(C)[C@H](C(=O)N[C@H]2Cc3cccc(c3)-c3ccc4c(c3)c(c(-c3cccnc3[C@H](C)OC)n4CC)CC(C)(C)COC(=O)[C@@H]3CCCN(N3)C2=O)C(C)C)[C@H]2COC[C@H]21. The topological polar surface area (TPSA) is 165 Å². The fourth-order valence-electron chi connectivity index (χ4n) is 10.9. The number of nitrogens with one attached hydrogen (secondary N) is 2. The number of benzene rings is 2. The molecule has 6 heterocycles. The summed E-state index contributed by atoms with van der Waals surface area (Å²) < 4.78 is 20.0. The average molecular weight is 930 g/mol. The first-order valence-electron chi connectivity index (χ1n) is 24.1. The number of rotatable bonds is 10. The van der Waals surface area contributed by atoms with E-state index in [2.05, 4.69) is 79.1 Å². The molecule has 4 aliphatic heterocycles. The number of amides is 4. The summed E-state index contributed by atoms with van der Waals surface area (Å²) in [5, 5.41) is 5.59. The van der Waals surface area contributed by atoms with Gasteiger partial charge in [-0.15, -0.1) is 0 Å². The second-order valence-corrected chi connectivity index (χ2v) is 20.1. The Labute approximate surface area is 399 Å². The van der Waals surface area contributed by atoms with Crippen molar-refractivity contribution in [1.29, 1.82) is 0 Å². The second-order valence-electron chi connectivity index (χ2n) is 20.1. The molecule has 0 aliphatic carbocycles. The predicted molar refractivity (Wildman–Crippen MR) is 259 cm³/mol. The maximum atomic E-state index is 14.8. The fraction of sp³-hybridized carbons (Fsp3) is 0.509. The molecule has 6 bridgehead atoms. The van der Waals surface area contributed by atoms with Crippen molar-refractivity contribution in [3.63, 3.8) is 0 Å². The zero-order valence-electron chi connectivity index (χ0n) is 40.7. The first kappa shape index (κ1) is 48.6. The number of cyclic esters (lactones) is 1. The summed E-state index contributed by atoms with van der Waals surface area (Å²) in [5.74, 6) is -2.99. The molecular formula is C53H67N7O8. The Hall–Kier alpha value is -5.90. The highest BCUT2D eigenvalue weighted by molar-refractivity contribution is 5.96. The summed E-state index contributed by atoms with van der Waals surface area (Å²) in [7, 11) is 3.30. The van der Waals surface area contributed by atoms with Crippen molar-refractivity contribution in [2.24, 2.45) is 23.2 Å².